The SMILES string of the molecule is O=C1[C@@H]2[C@@H](C(=O)N1CCCO)[C@H]1C=C[C@H]2C1. The summed E-state index contributed by atoms with van der Waals surface area (Å²) in [5, 5.41) is 8.76. The molecule has 86 valence electrons. The van der Waals surface area contributed by atoms with E-state index >= 15 is 0 Å². The van der Waals surface area contributed by atoms with Crippen LogP contribution in [0.5, 0.6) is 0 Å². The highest BCUT2D eigenvalue weighted by molar-refractivity contribution is 6.06. The van der Waals surface area contributed by atoms with Crippen LogP contribution in [-0.4, -0.2) is 35.0 Å². The van der Waals surface area contributed by atoms with Gasteiger partial charge < -0.3 is 5.11 Å². The molecule has 2 fully saturated rings. The summed E-state index contributed by atoms with van der Waals surface area (Å²) in [7, 11) is 0. The van der Waals surface area contributed by atoms with Crippen molar-refractivity contribution in [3.05, 3.63) is 12.2 Å². The fourth-order valence-electron chi connectivity index (χ4n) is 3.41. The van der Waals surface area contributed by atoms with E-state index in [-0.39, 0.29) is 42.1 Å². The first-order valence-electron chi connectivity index (χ1n) is 5.88. The quantitative estimate of drug-likeness (QED) is 0.546. The molecule has 2 amide bonds. The Kier molecular flexibility index (Phi) is 2.14. The molecular weight excluding hydrogens is 206 g/mol. The average molecular weight is 221 g/mol. The normalized spacial score (nSPS) is 39.9. The summed E-state index contributed by atoms with van der Waals surface area (Å²) < 4.78 is 0. The van der Waals surface area contributed by atoms with E-state index in [0.29, 0.717) is 13.0 Å². The summed E-state index contributed by atoms with van der Waals surface area (Å²) in [6.07, 6.45) is 5.64. The molecular formula is C12H15NO3. The summed E-state index contributed by atoms with van der Waals surface area (Å²) in [5.74, 6) is 0.346. The van der Waals surface area contributed by atoms with Crippen LogP contribution >= 0.6 is 0 Å². The topological polar surface area (TPSA) is 57.6 Å². The second kappa shape index (κ2) is 3.42. The molecule has 1 saturated carbocycles. The number of likely N-dealkylation sites (tertiary alicyclic amines) is 1. The lowest BCUT2D eigenvalue weighted by molar-refractivity contribution is -0.140. The molecule has 4 nitrogen and oxygen atoms in total. The molecule has 1 N–H and O–H groups in total. The Bertz CT molecular complexity index is 346. The molecule has 2 aliphatic carbocycles. The van der Waals surface area contributed by atoms with E-state index < -0.39 is 0 Å². The zero-order valence-corrected chi connectivity index (χ0v) is 9.00. The third-order valence-electron chi connectivity index (χ3n) is 4.10. The van der Waals surface area contributed by atoms with Gasteiger partial charge in [-0.15, -0.1) is 0 Å². The van der Waals surface area contributed by atoms with Crippen LogP contribution in [0.4, 0.5) is 0 Å². The van der Waals surface area contributed by atoms with E-state index in [4.69, 9.17) is 5.11 Å². The molecule has 1 saturated heterocycles. The standard InChI is InChI=1S/C12H15NO3/c14-5-1-4-13-11(15)9-7-2-3-8(6-7)10(9)12(13)16/h2-3,7-10,14H,1,4-6H2/t7-,8-,9-,10-/m0/s1. The van der Waals surface area contributed by atoms with Crippen molar-refractivity contribution in [2.45, 2.75) is 12.8 Å². The van der Waals surface area contributed by atoms with Gasteiger partial charge in [0.15, 0.2) is 0 Å². The highest BCUT2D eigenvalue weighted by Gasteiger charge is 2.58. The van der Waals surface area contributed by atoms with Crippen molar-refractivity contribution in [3.8, 4) is 0 Å². The molecule has 4 atom stereocenters. The maximum Gasteiger partial charge on any atom is 0.233 e. The number of aliphatic hydroxyl groups is 1. The van der Waals surface area contributed by atoms with Crippen molar-refractivity contribution < 1.29 is 14.7 Å². The van der Waals surface area contributed by atoms with Gasteiger partial charge in [-0.3, -0.25) is 14.5 Å². The zero-order chi connectivity index (χ0) is 11.3. The average Bonchev–Trinajstić information content (AvgIpc) is 2.92. The van der Waals surface area contributed by atoms with Crippen molar-refractivity contribution in [1.29, 1.82) is 0 Å². The highest BCUT2D eigenvalue weighted by atomic mass is 16.3. The summed E-state index contributed by atoms with van der Waals surface area (Å²) in [6, 6.07) is 0. The van der Waals surface area contributed by atoms with Crippen LogP contribution in [0.15, 0.2) is 12.2 Å². The van der Waals surface area contributed by atoms with Crippen LogP contribution < -0.4 is 0 Å². The second-order valence-corrected chi connectivity index (χ2v) is 4.91. The molecule has 3 rings (SSSR count). The number of allylic oxidation sites excluding steroid dienone is 2. The van der Waals surface area contributed by atoms with E-state index in [1.165, 1.54) is 4.90 Å². The van der Waals surface area contributed by atoms with Crippen LogP contribution in [0.2, 0.25) is 0 Å². The van der Waals surface area contributed by atoms with Crippen molar-refractivity contribution in [2.24, 2.45) is 23.7 Å². The minimum absolute atomic E-state index is 0.0136. The molecule has 0 aromatic carbocycles. The van der Waals surface area contributed by atoms with E-state index in [2.05, 4.69) is 12.2 Å². The number of imide groups is 1. The molecule has 4 heteroatoms. The molecule has 1 heterocycles. The summed E-state index contributed by atoms with van der Waals surface area (Å²) in [6.45, 7) is 0.401. The lowest BCUT2D eigenvalue weighted by Gasteiger charge is -2.16. The van der Waals surface area contributed by atoms with Gasteiger partial charge in [0.25, 0.3) is 0 Å². The van der Waals surface area contributed by atoms with Crippen molar-refractivity contribution in [3.63, 3.8) is 0 Å². The Hall–Kier alpha value is -1.16. The molecule has 0 aromatic heterocycles. The number of nitrogens with zero attached hydrogens (tertiary/aromatic N) is 1. The lowest BCUT2D eigenvalue weighted by Crippen LogP contribution is -2.34. The fraction of sp³-hybridized carbons (Fsp3) is 0.667. The number of carbonyl (C=O) groups is 2. The first-order chi connectivity index (χ1) is 7.74. The van der Waals surface area contributed by atoms with Crippen LogP contribution in [0.25, 0.3) is 0 Å². The van der Waals surface area contributed by atoms with Crippen LogP contribution in [0.3, 0.4) is 0 Å². The smallest absolute Gasteiger partial charge is 0.233 e. The maximum atomic E-state index is 12.1. The van der Waals surface area contributed by atoms with E-state index in [0.717, 1.165) is 6.42 Å². The summed E-state index contributed by atoms with van der Waals surface area (Å²) in [5.41, 5.74) is 0. The number of carbonyl (C=O) groups excluding carboxylic acids is 2. The van der Waals surface area contributed by atoms with E-state index in [9.17, 15) is 9.59 Å². The largest absolute Gasteiger partial charge is 0.396 e. The second-order valence-electron chi connectivity index (χ2n) is 4.91. The zero-order valence-electron chi connectivity index (χ0n) is 9.00. The van der Waals surface area contributed by atoms with Crippen molar-refractivity contribution >= 4 is 11.8 Å². The van der Waals surface area contributed by atoms with Gasteiger partial charge in [0.05, 0.1) is 11.8 Å². The van der Waals surface area contributed by atoms with Gasteiger partial charge in [0.2, 0.25) is 11.8 Å². The van der Waals surface area contributed by atoms with E-state index in [1.54, 1.807) is 0 Å². The van der Waals surface area contributed by atoms with Crippen molar-refractivity contribution in [1.82, 2.24) is 4.90 Å². The lowest BCUT2D eigenvalue weighted by atomic mass is 9.85. The summed E-state index contributed by atoms with van der Waals surface area (Å²) >= 11 is 0. The van der Waals surface area contributed by atoms with Gasteiger partial charge in [-0.05, 0) is 24.7 Å². The molecule has 2 bridgehead atoms. The number of amides is 2. The van der Waals surface area contributed by atoms with Crippen LogP contribution in [-0.2, 0) is 9.59 Å². The van der Waals surface area contributed by atoms with Crippen LogP contribution in [0.1, 0.15) is 12.8 Å². The monoisotopic (exact) mass is 221 g/mol. The van der Waals surface area contributed by atoms with Gasteiger partial charge in [0, 0.05) is 13.2 Å². The number of aliphatic hydroxyl groups excluding tert-OH is 1. The first kappa shape index (κ1) is 10.0. The molecule has 1 aliphatic heterocycles. The molecule has 0 aromatic rings. The Labute approximate surface area is 93.9 Å². The Balaban J connectivity index is 1.83. The third kappa shape index (κ3) is 1.13. The Morgan fingerprint density at radius 3 is 2.25 bits per heavy atom. The van der Waals surface area contributed by atoms with Crippen LogP contribution in [0, 0.1) is 23.7 Å². The minimum atomic E-state index is -0.0961. The van der Waals surface area contributed by atoms with Gasteiger partial charge in [-0.25, -0.2) is 0 Å². The van der Waals surface area contributed by atoms with Gasteiger partial charge in [0.1, 0.15) is 0 Å². The highest BCUT2D eigenvalue weighted by Crippen LogP contribution is 2.52. The Morgan fingerprint density at radius 2 is 1.75 bits per heavy atom. The predicted octanol–water partition coefficient (Wildman–Crippen LogP) is 0.176. The number of fused-ring (bicyclic) bond motifs is 5. The Morgan fingerprint density at radius 1 is 1.19 bits per heavy atom. The number of rotatable bonds is 3. The molecule has 0 spiro atoms. The maximum absolute atomic E-state index is 12.1. The number of hydrogen-bond donors (Lipinski definition) is 1. The molecule has 0 unspecified atom stereocenters. The van der Waals surface area contributed by atoms with Gasteiger partial charge in [-0.1, -0.05) is 12.2 Å². The van der Waals surface area contributed by atoms with Crippen molar-refractivity contribution in [2.75, 3.05) is 13.2 Å². The number of hydrogen-bond acceptors (Lipinski definition) is 3. The summed E-state index contributed by atoms with van der Waals surface area (Å²) in [4.78, 5) is 25.5. The molecule has 16 heavy (non-hydrogen) atoms. The third-order valence-corrected chi connectivity index (χ3v) is 4.10. The van der Waals surface area contributed by atoms with Gasteiger partial charge >= 0.3 is 0 Å². The molecule has 3 aliphatic rings. The first-order valence-corrected chi connectivity index (χ1v) is 5.88. The predicted molar refractivity (Wildman–Crippen MR) is 56.1 cm³/mol. The fourth-order valence-corrected chi connectivity index (χ4v) is 3.41. The van der Waals surface area contributed by atoms with E-state index in [1.807, 2.05) is 0 Å². The molecule has 0 radical (unpaired) electrons. The minimum Gasteiger partial charge on any atom is -0.396 e. The van der Waals surface area contributed by atoms with Gasteiger partial charge in [-0.2, -0.15) is 0 Å².